The van der Waals surface area contributed by atoms with Crippen LogP contribution in [0.1, 0.15) is 5.56 Å². The first-order valence-corrected chi connectivity index (χ1v) is 5.78. The zero-order chi connectivity index (χ0) is 11.5. The first kappa shape index (κ1) is 9.97. The Morgan fingerprint density at radius 2 is 1.65 bits per heavy atom. The number of anilines is 2. The summed E-state index contributed by atoms with van der Waals surface area (Å²) in [6.07, 6.45) is 4.33. The van der Waals surface area contributed by atoms with Gasteiger partial charge in [0.15, 0.2) is 0 Å². The van der Waals surface area contributed by atoms with Crippen LogP contribution < -0.4 is 10.4 Å². The topological polar surface area (TPSA) is 15.3 Å². The Morgan fingerprint density at radius 3 is 2.53 bits per heavy atom. The Morgan fingerprint density at radius 1 is 0.882 bits per heavy atom. The van der Waals surface area contributed by atoms with E-state index in [1.807, 2.05) is 18.2 Å². The number of hydrogen-bond donors (Lipinski definition) is 1. The van der Waals surface area contributed by atoms with Gasteiger partial charge >= 0.3 is 0 Å². The fourth-order valence-electron chi connectivity index (χ4n) is 2.03. The molecule has 1 aliphatic rings. The summed E-state index contributed by atoms with van der Waals surface area (Å²) in [6, 6.07) is 18.6. The molecule has 1 aliphatic heterocycles. The third kappa shape index (κ3) is 2.02. The van der Waals surface area contributed by atoms with Gasteiger partial charge in [0.1, 0.15) is 0 Å². The van der Waals surface area contributed by atoms with Crippen molar-refractivity contribution in [3.63, 3.8) is 0 Å². The summed E-state index contributed by atoms with van der Waals surface area (Å²) in [5, 5.41) is 2.16. The molecule has 0 aliphatic carbocycles. The molecule has 2 aromatic carbocycles. The summed E-state index contributed by atoms with van der Waals surface area (Å²) in [4.78, 5) is 0. The van der Waals surface area contributed by atoms with Crippen molar-refractivity contribution in [2.75, 3.05) is 17.0 Å². The van der Waals surface area contributed by atoms with Gasteiger partial charge in [0.25, 0.3) is 0 Å². The summed E-state index contributed by atoms with van der Waals surface area (Å²) < 4.78 is 0. The van der Waals surface area contributed by atoms with Gasteiger partial charge in [-0.15, -0.1) is 0 Å². The van der Waals surface area contributed by atoms with Crippen LogP contribution in [0.5, 0.6) is 0 Å². The largest absolute Gasteiger partial charge is 0.298 e. The van der Waals surface area contributed by atoms with E-state index < -0.39 is 0 Å². The highest BCUT2D eigenvalue weighted by Crippen LogP contribution is 2.25. The van der Waals surface area contributed by atoms with Gasteiger partial charge in [0.05, 0.1) is 17.9 Å². The maximum Gasteiger partial charge on any atom is 0.0647 e. The van der Waals surface area contributed by atoms with Crippen molar-refractivity contribution < 1.29 is 0 Å². The molecule has 0 spiro atoms. The number of fused-ring (bicyclic) bond motifs is 1. The molecule has 1 heterocycles. The summed E-state index contributed by atoms with van der Waals surface area (Å²) in [5.74, 6) is 0. The van der Waals surface area contributed by atoms with E-state index in [4.69, 9.17) is 0 Å². The van der Waals surface area contributed by atoms with Crippen LogP contribution in [0.25, 0.3) is 6.08 Å². The molecular formula is C15H14N2. The van der Waals surface area contributed by atoms with Gasteiger partial charge in [0, 0.05) is 0 Å². The maximum absolute atomic E-state index is 3.42. The highest BCUT2D eigenvalue weighted by atomic mass is 15.5. The van der Waals surface area contributed by atoms with E-state index in [2.05, 4.69) is 59.0 Å². The smallest absolute Gasteiger partial charge is 0.0647 e. The van der Waals surface area contributed by atoms with Crippen molar-refractivity contribution in [3.8, 4) is 0 Å². The van der Waals surface area contributed by atoms with Gasteiger partial charge in [-0.05, 0) is 23.8 Å². The number of rotatable bonds is 2. The lowest BCUT2D eigenvalue weighted by atomic mass is 10.1. The van der Waals surface area contributed by atoms with Crippen molar-refractivity contribution >= 4 is 17.5 Å². The number of benzene rings is 2. The monoisotopic (exact) mass is 222 g/mol. The van der Waals surface area contributed by atoms with Gasteiger partial charge in [-0.2, -0.15) is 0 Å². The minimum atomic E-state index is 0.881. The van der Waals surface area contributed by atoms with Crippen molar-refractivity contribution in [2.45, 2.75) is 0 Å². The van der Waals surface area contributed by atoms with E-state index in [0.29, 0.717) is 0 Å². The van der Waals surface area contributed by atoms with Gasteiger partial charge < -0.3 is 0 Å². The lowest BCUT2D eigenvalue weighted by Gasteiger charge is -2.29. The van der Waals surface area contributed by atoms with Gasteiger partial charge in [-0.1, -0.05) is 48.6 Å². The zero-order valence-corrected chi connectivity index (χ0v) is 9.51. The second-order valence-electron chi connectivity index (χ2n) is 4.05. The number of nitrogens with zero attached hydrogens (tertiary/aromatic N) is 1. The third-order valence-corrected chi connectivity index (χ3v) is 2.85. The van der Waals surface area contributed by atoms with Crippen LogP contribution in [-0.4, -0.2) is 6.54 Å². The van der Waals surface area contributed by atoms with Crippen molar-refractivity contribution in [1.82, 2.24) is 0 Å². The highest BCUT2D eigenvalue weighted by molar-refractivity contribution is 5.72. The Balaban J connectivity index is 1.88. The van der Waals surface area contributed by atoms with E-state index in [1.165, 1.54) is 11.3 Å². The van der Waals surface area contributed by atoms with Crippen LogP contribution in [0.4, 0.5) is 11.4 Å². The van der Waals surface area contributed by atoms with Crippen LogP contribution in [0.15, 0.2) is 60.7 Å². The second kappa shape index (κ2) is 4.34. The number of para-hydroxylation sites is 2. The Hall–Kier alpha value is -2.22. The minimum absolute atomic E-state index is 0.881. The number of hydrazine groups is 1. The maximum atomic E-state index is 3.42. The average Bonchev–Trinajstić information content (AvgIpc) is 2.40. The molecular weight excluding hydrogens is 208 g/mol. The average molecular weight is 222 g/mol. The van der Waals surface area contributed by atoms with Crippen LogP contribution >= 0.6 is 0 Å². The molecule has 0 saturated carbocycles. The summed E-state index contributed by atoms with van der Waals surface area (Å²) in [6.45, 7) is 0.881. The first-order valence-electron chi connectivity index (χ1n) is 5.78. The first-order chi connectivity index (χ1) is 8.43. The molecule has 0 bridgehead atoms. The SMILES string of the molecule is C1=Cc2ccccc2N(Nc2ccccc2)C1. The van der Waals surface area contributed by atoms with Gasteiger partial charge in [-0.25, -0.2) is 0 Å². The van der Waals surface area contributed by atoms with Crippen molar-refractivity contribution in [1.29, 1.82) is 0 Å². The molecule has 0 atom stereocenters. The molecule has 0 radical (unpaired) electrons. The Kier molecular flexibility index (Phi) is 2.54. The molecule has 3 rings (SSSR count). The van der Waals surface area contributed by atoms with Crippen LogP contribution in [0.2, 0.25) is 0 Å². The standard InChI is InChI=1S/C15H14N2/c1-2-9-14(10-3-1)16-17-12-6-8-13-7-4-5-11-15(13)17/h1-11,16H,12H2. The molecule has 0 fully saturated rings. The minimum Gasteiger partial charge on any atom is -0.298 e. The van der Waals surface area contributed by atoms with E-state index in [1.54, 1.807) is 0 Å². The Bertz CT molecular complexity index is 532. The number of hydrogen-bond acceptors (Lipinski definition) is 2. The molecule has 84 valence electrons. The molecule has 1 N–H and O–H groups in total. The fraction of sp³-hybridized carbons (Fsp3) is 0.0667. The van der Waals surface area contributed by atoms with Gasteiger partial charge in [-0.3, -0.25) is 10.4 Å². The molecule has 17 heavy (non-hydrogen) atoms. The van der Waals surface area contributed by atoms with Crippen LogP contribution in [-0.2, 0) is 0 Å². The van der Waals surface area contributed by atoms with Crippen LogP contribution in [0.3, 0.4) is 0 Å². The quantitative estimate of drug-likeness (QED) is 0.836. The molecule has 2 nitrogen and oxygen atoms in total. The van der Waals surface area contributed by atoms with E-state index in [0.717, 1.165) is 12.2 Å². The second-order valence-corrected chi connectivity index (χ2v) is 4.05. The number of nitrogens with one attached hydrogen (secondary N) is 1. The van der Waals surface area contributed by atoms with E-state index >= 15 is 0 Å². The molecule has 0 saturated heterocycles. The lowest BCUT2D eigenvalue weighted by Crippen LogP contribution is -2.31. The fourth-order valence-corrected chi connectivity index (χ4v) is 2.03. The normalized spacial score (nSPS) is 13.3. The van der Waals surface area contributed by atoms with E-state index in [-0.39, 0.29) is 0 Å². The lowest BCUT2D eigenvalue weighted by molar-refractivity contribution is 0.994. The predicted octanol–water partition coefficient (Wildman–Crippen LogP) is 3.55. The van der Waals surface area contributed by atoms with Gasteiger partial charge in [0.2, 0.25) is 0 Å². The molecule has 0 unspecified atom stereocenters. The molecule has 0 aromatic heterocycles. The molecule has 0 amide bonds. The van der Waals surface area contributed by atoms with E-state index in [9.17, 15) is 0 Å². The summed E-state index contributed by atoms with van der Waals surface area (Å²) in [5.41, 5.74) is 7.00. The van der Waals surface area contributed by atoms with Crippen molar-refractivity contribution in [2.24, 2.45) is 0 Å². The highest BCUT2D eigenvalue weighted by Gasteiger charge is 2.11. The predicted molar refractivity (Wildman–Crippen MR) is 72.9 cm³/mol. The van der Waals surface area contributed by atoms with Crippen LogP contribution in [0, 0.1) is 0 Å². The summed E-state index contributed by atoms with van der Waals surface area (Å²) in [7, 11) is 0. The summed E-state index contributed by atoms with van der Waals surface area (Å²) >= 11 is 0. The third-order valence-electron chi connectivity index (χ3n) is 2.85. The molecule has 2 aromatic rings. The van der Waals surface area contributed by atoms with Crippen molar-refractivity contribution in [3.05, 3.63) is 66.2 Å². The Labute approximate surface area is 101 Å². The zero-order valence-electron chi connectivity index (χ0n) is 9.51. The molecule has 2 heteroatoms.